The molecule has 4 heteroatoms. The van der Waals surface area contributed by atoms with Crippen LogP contribution in [0.1, 0.15) is 22.7 Å². The average molecular weight is 195 g/mol. The number of phenols is 1. The van der Waals surface area contributed by atoms with Crippen molar-refractivity contribution in [1.82, 2.24) is 0 Å². The Morgan fingerprint density at radius 1 is 1.43 bits per heavy atom. The van der Waals surface area contributed by atoms with Crippen molar-refractivity contribution in [3.63, 3.8) is 0 Å². The maximum atomic E-state index is 10.6. The summed E-state index contributed by atoms with van der Waals surface area (Å²) in [5.41, 5.74) is 5.33. The lowest BCUT2D eigenvalue weighted by atomic mass is 10.0. The van der Waals surface area contributed by atoms with Crippen LogP contribution in [0.3, 0.4) is 0 Å². The van der Waals surface area contributed by atoms with E-state index in [0.717, 1.165) is 0 Å². The topological polar surface area (TPSA) is 88.0 Å². The van der Waals surface area contributed by atoms with E-state index in [1.807, 2.05) is 0 Å². The number of carboxylic acid groups (broad SMARTS) is 1. The Kier molecular flexibility index (Phi) is 2.76. The van der Waals surface area contributed by atoms with E-state index in [1.54, 1.807) is 26.0 Å². The Labute approximate surface area is 82.0 Å². The third-order valence-electron chi connectivity index (χ3n) is 2.20. The molecule has 0 saturated heterocycles. The molecule has 0 aliphatic heterocycles. The van der Waals surface area contributed by atoms with Crippen LogP contribution in [0, 0.1) is 13.8 Å². The van der Waals surface area contributed by atoms with Gasteiger partial charge in [-0.05, 0) is 37.1 Å². The van der Waals surface area contributed by atoms with Gasteiger partial charge in [0.15, 0.2) is 6.04 Å². The summed E-state index contributed by atoms with van der Waals surface area (Å²) >= 11 is 0. The smallest absolute Gasteiger partial charge is 0.150 e. The van der Waals surface area contributed by atoms with Crippen molar-refractivity contribution < 1.29 is 20.7 Å². The Morgan fingerprint density at radius 3 is 2.21 bits per heavy atom. The van der Waals surface area contributed by atoms with Crippen molar-refractivity contribution in [3.05, 3.63) is 28.8 Å². The maximum absolute atomic E-state index is 10.6. The molecule has 1 aromatic rings. The van der Waals surface area contributed by atoms with E-state index in [4.69, 9.17) is 0 Å². The van der Waals surface area contributed by atoms with E-state index in [1.165, 1.54) is 0 Å². The molecular weight excluding hydrogens is 182 g/mol. The fourth-order valence-corrected chi connectivity index (χ4v) is 1.33. The SMILES string of the molecule is Cc1cc([C@@H]([NH3+])C(=O)[O-])cc(C)c1O. The summed E-state index contributed by atoms with van der Waals surface area (Å²) in [6.07, 6.45) is 0. The molecule has 4 nitrogen and oxygen atoms in total. The number of aromatic hydroxyl groups is 1. The van der Waals surface area contributed by atoms with Gasteiger partial charge in [0.2, 0.25) is 0 Å². The summed E-state index contributed by atoms with van der Waals surface area (Å²) < 4.78 is 0. The van der Waals surface area contributed by atoms with Crippen molar-refractivity contribution >= 4 is 5.97 Å². The summed E-state index contributed by atoms with van der Waals surface area (Å²) in [5.74, 6) is -1.02. The largest absolute Gasteiger partial charge is 0.544 e. The van der Waals surface area contributed by atoms with Gasteiger partial charge in [-0.1, -0.05) is 0 Å². The quantitative estimate of drug-likeness (QED) is 0.637. The zero-order chi connectivity index (χ0) is 10.9. The molecule has 0 radical (unpaired) electrons. The number of carbonyl (C=O) groups is 1. The molecule has 0 aliphatic rings. The first-order valence-electron chi connectivity index (χ1n) is 4.27. The lowest BCUT2D eigenvalue weighted by Crippen LogP contribution is -2.61. The monoisotopic (exact) mass is 195 g/mol. The minimum absolute atomic E-state index is 0.194. The molecule has 1 rings (SSSR count). The third-order valence-corrected chi connectivity index (χ3v) is 2.20. The Hall–Kier alpha value is -1.55. The van der Waals surface area contributed by atoms with Gasteiger partial charge >= 0.3 is 0 Å². The highest BCUT2D eigenvalue weighted by atomic mass is 16.4. The number of carboxylic acids is 1. The normalized spacial score (nSPS) is 12.5. The lowest BCUT2D eigenvalue weighted by molar-refractivity contribution is -0.443. The van der Waals surface area contributed by atoms with E-state index in [-0.39, 0.29) is 5.75 Å². The number of rotatable bonds is 2. The second-order valence-corrected chi connectivity index (χ2v) is 3.37. The number of quaternary nitrogens is 1. The molecule has 0 amide bonds. The van der Waals surface area contributed by atoms with E-state index >= 15 is 0 Å². The van der Waals surface area contributed by atoms with Crippen LogP contribution < -0.4 is 10.8 Å². The molecule has 0 heterocycles. The first-order valence-corrected chi connectivity index (χ1v) is 4.27. The highest BCUT2D eigenvalue weighted by Gasteiger charge is 2.13. The molecule has 0 unspecified atom stereocenters. The van der Waals surface area contributed by atoms with Gasteiger partial charge < -0.3 is 20.7 Å². The fourth-order valence-electron chi connectivity index (χ4n) is 1.33. The Morgan fingerprint density at radius 2 is 1.86 bits per heavy atom. The van der Waals surface area contributed by atoms with Crippen LogP contribution in [0.25, 0.3) is 0 Å². The van der Waals surface area contributed by atoms with Gasteiger partial charge in [0.1, 0.15) is 11.7 Å². The van der Waals surface area contributed by atoms with Crippen LogP contribution in [0.5, 0.6) is 5.75 Å². The number of hydrogen-bond donors (Lipinski definition) is 2. The Bertz CT molecular complexity index is 351. The summed E-state index contributed by atoms with van der Waals surface area (Å²) in [4.78, 5) is 10.6. The molecule has 4 N–H and O–H groups in total. The molecule has 14 heavy (non-hydrogen) atoms. The van der Waals surface area contributed by atoms with Crippen molar-refractivity contribution in [1.29, 1.82) is 0 Å². The van der Waals surface area contributed by atoms with Crippen LogP contribution in [0.4, 0.5) is 0 Å². The van der Waals surface area contributed by atoms with Crippen LogP contribution >= 0.6 is 0 Å². The van der Waals surface area contributed by atoms with Crippen LogP contribution in [-0.2, 0) is 4.79 Å². The molecular formula is C10H13NO3. The van der Waals surface area contributed by atoms with Gasteiger partial charge in [0, 0.05) is 5.56 Å². The molecule has 0 aromatic heterocycles. The van der Waals surface area contributed by atoms with Gasteiger partial charge in [0.05, 0.1) is 0 Å². The second kappa shape index (κ2) is 3.67. The molecule has 1 aromatic carbocycles. The first-order chi connectivity index (χ1) is 6.43. The highest BCUT2D eigenvalue weighted by Crippen LogP contribution is 2.24. The molecule has 0 aliphatic carbocycles. The number of benzene rings is 1. The average Bonchev–Trinajstić information content (AvgIpc) is 2.12. The fraction of sp³-hybridized carbons (Fsp3) is 0.300. The second-order valence-electron chi connectivity index (χ2n) is 3.37. The summed E-state index contributed by atoms with van der Waals surface area (Å²) in [6, 6.07) is 2.32. The molecule has 0 fully saturated rings. The molecule has 0 spiro atoms. The number of aliphatic carboxylic acids is 1. The van der Waals surface area contributed by atoms with Crippen LogP contribution in [0.15, 0.2) is 12.1 Å². The van der Waals surface area contributed by atoms with Crippen molar-refractivity contribution in [2.75, 3.05) is 0 Å². The number of aryl methyl sites for hydroxylation is 2. The van der Waals surface area contributed by atoms with Gasteiger partial charge in [-0.25, -0.2) is 0 Å². The maximum Gasteiger partial charge on any atom is 0.150 e. The van der Waals surface area contributed by atoms with E-state index in [0.29, 0.717) is 16.7 Å². The summed E-state index contributed by atoms with van der Waals surface area (Å²) in [6.45, 7) is 3.43. The summed E-state index contributed by atoms with van der Waals surface area (Å²) in [7, 11) is 0. The van der Waals surface area contributed by atoms with E-state index in [2.05, 4.69) is 5.73 Å². The predicted octanol–water partition coefficient (Wildman–Crippen LogP) is -0.958. The zero-order valence-corrected chi connectivity index (χ0v) is 8.20. The van der Waals surface area contributed by atoms with Crippen LogP contribution in [0.2, 0.25) is 0 Å². The van der Waals surface area contributed by atoms with Crippen molar-refractivity contribution in [2.24, 2.45) is 0 Å². The summed E-state index contributed by atoms with van der Waals surface area (Å²) in [5, 5.41) is 20.0. The zero-order valence-electron chi connectivity index (χ0n) is 8.20. The van der Waals surface area contributed by atoms with Gasteiger partial charge in [-0.15, -0.1) is 0 Å². The number of carbonyl (C=O) groups excluding carboxylic acids is 1. The van der Waals surface area contributed by atoms with Crippen LogP contribution in [-0.4, -0.2) is 11.1 Å². The van der Waals surface area contributed by atoms with Crippen molar-refractivity contribution in [3.8, 4) is 5.75 Å². The lowest BCUT2D eigenvalue weighted by Gasteiger charge is -2.12. The predicted molar refractivity (Wildman–Crippen MR) is 48.2 cm³/mol. The van der Waals surface area contributed by atoms with Gasteiger partial charge in [-0.2, -0.15) is 0 Å². The van der Waals surface area contributed by atoms with E-state index < -0.39 is 12.0 Å². The van der Waals surface area contributed by atoms with Crippen molar-refractivity contribution in [2.45, 2.75) is 19.9 Å². The Balaban J connectivity index is 3.19. The molecule has 0 bridgehead atoms. The minimum atomic E-state index is -1.21. The number of hydrogen-bond acceptors (Lipinski definition) is 3. The number of phenolic OH excluding ortho intramolecular Hbond substituents is 1. The van der Waals surface area contributed by atoms with Gasteiger partial charge in [0.25, 0.3) is 0 Å². The minimum Gasteiger partial charge on any atom is -0.544 e. The third kappa shape index (κ3) is 1.85. The molecule has 76 valence electrons. The first kappa shape index (κ1) is 10.5. The molecule has 0 saturated carbocycles. The van der Waals surface area contributed by atoms with E-state index in [9.17, 15) is 15.0 Å². The highest BCUT2D eigenvalue weighted by molar-refractivity contribution is 5.72. The van der Waals surface area contributed by atoms with Gasteiger partial charge in [-0.3, -0.25) is 0 Å². The standard InChI is InChI=1S/C10H13NO3/c1-5-3-7(8(11)10(13)14)4-6(2)9(5)12/h3-4,8,12H,11H2,1-2H3,(H,13,14)/t8-/m1/s1. The molecule has 1 atom stereocenters.